The van der Waals surface area contributed by atoms with Crippen LogP contribution in [0.2, 0.25) is 0 Å². The lowest BCUT2D eigenvalue weighted by atomic mass is 9.89. The van der Waals surface area contributed by atoms with Crippen molar-refractivity contribution in [2.45, 2.75) is 5.92 Å². The molecule has 1 aliphatic rings. The van der Waals surface area contributed by atoms with E-state index in [1.807, 2.05) is 34.5 Å². The van der Waals surface area contributed by atoms with Crippen LogP contribution in [-0.4, -0.2) is 30.4 Å². The maximum Gasteiger partial charge on any atom is 0.255 e. The van der Waals surface area contributed by atoms with Gasteiger partial charge in [0.15, 0.2) is 0 Å². The molecule has 122 valence electrons. The van der Waals surface area contributed by atoms with Gasteiger partial charge in [0.1, 0.15) is 0 Å². The van der Waals surface area contributed by atoms with Crippen LogP contribution in [-0.2, 0) is 0 Å². The highest BCUT2D eigenvalue weighted by atomic mass is 32.1. The topological polar surface area (TPSA) is 46.3 Å². The van der Waals surface area contributed by atoms with Crippen LogP contribution in [0.25, 0.3) is 10.1 Å². The molecule has 0 bridgehead atoms. The minimum atomic E-state index is 0.129. The fourth-order valence-electron chi connectivity index (χ4n) is 3.67. The van der Waals surface area contributed by atoms with E-state index in [0.717, 1.165) is 28.7 Å². The molecule has 3 aromatic rings. The maximum atomic E-state index is 13.1. The summed E-state index contributed by atoms with van der Waals surface area (Å²) < 4.78 is 1.16. The van der Waals surface area contributed by atoms with Crippen molar-refractivity contribution in [1.82, 2.24) is 4.90 Å². The van der Waals surface area contributed by atoms with Crippen molar-refractivity contribution in [3.63, 3.8) is 0 Å². The van der Waals surface area contributed by atoms with Crippen molar-refractivity contribution in [3.05, 3.63) is 71.1 Å². The average molecular weight is 336 g/mol. The summed E-state index contributed by atoms with van der Waals surface area (Å²) in [5, 5.41) is 3.04. The second-order valence-corrected chi connectivity index (χ2v) is 7.28. The zero-order valence-corrected chi connectivity index (χ0v) is 14.2. The van der Waals surface area contributed by atoms with Gasteiger partial charge in [0, 0.05) is 34.5 Å². The summed E-state index contributed by atoms with van der Waals surface area (Å²) in [5.74, 6) is 0.774. The summed E-state index contributed by atoms with van der Waals surface area (Å²) >= 11 is 1.63. The molecule has 4 heteroatoms. The summed E-state index contributed by atoms with van der Waals surface area (Å²) in [5.41, 5.74) is 8.09. The van der Waals surface area contributed by atoms with Gasteiger partial charge in [0.2, 0.25) is 0 Å². The molecular formula is C20H20N2OS. The normalized spacial score (nSPS) is 20.6. The van der Waals surface area contributed by atoms with E-state index >= 15 is 0 Å². The lowest BCUT2D eigenvalue weighted by molar-refractivity contribution is 0.0789. The quantitative estimate of drug-likeness (QED) is 0.792. The van der Waals surface area contributed by atoms with Gasteiger partial charge in [0.25, 0.3) is 5.91 Å². The van der Waals surface area contributed by atoms with Gasteiger partial charge in [-0.25, -0.2) is 0 Å². The van der Waals surface area contributed by atoms with E-state index in [0.29, 0.717) is 18.4 Å². The minimum absolute atomic E-state index is 0.129. The highest BCUT2D eigenvalue weighted by Crippen LogP contribution is 2.34. The smallest absolute Gasteiger partial charge is 0.255 e. The van der Waals surface area contributed by atoms with E-state index in [9.17, 15) is 4.79 Å². The summed E-state index contributed by atoms with van der Waals surface area (Å²) in [7, 11) is 0. The molecule has 3 nitrogen and oxygen atoms in total. The predicted octanol–water partition coefficient (Wildman–Crippen LogP) is 3.72. The first-order chi connectivity index (χ1) is 11.8. The fraction of sp³-hybridized carbons (Fsp3) is 0.250. The molecule has 0 radical (unpaired) electrons. The van der Waals surface area contributed by atoms with Crippen molar-refractivity contribution in [2.75, 3.05) is 19.6 Å². The summed E-state index contributed by atoms with van der Waals surface area (Å²) in [4.78, 5) is 15.0. The number of amides is 1. The third-order valence-corrected chi connectivity index (χ3v) is 5.93. The number of fused-ring (bicyclic) bond motifs is 1. The average Bonchev–Trinajstić information content (AvgIpc) is 3.26. The van der Waals surface area contributed by atoms with Crippen molar-refractivity contribution < 1.29 is 4.79 Å². The maximum absolute atomic E-state index is 13.1. The van der Waals surface area contributed by atoms with Gasteiger partial charge in [0.05, 0.1) is 5.56 Å². The predicted molar refractivity (Wildman–Crippen MR) is 99.5 cm³/mol. The molecule has 0 spiro atoms. The fourth-order valence-corrected chi connectivity index (χ4v) is 4.60. The standard InChI is InChI=1S/C20H20N2OS/c21-10-15-11-22(12-17(15)14-6-2-1-3-7-14)20(23)18-13-24-19-9-5-4-8-16(18)19/h1-9,13,15,17H,10-12,21H2/t15-,17+/m1/s1. The molecule has 1 amide bonds. The third kappa shape index (κ3) is 2.62. The van der Waals surface area contributed by atoms with Gasteiger partial charge < -0.3 is 10.6 Å². The van der Waals surface area contributed by atoms with Crippen LogP contribution in [0.4, 0.5) is 0 Å². The Labute approximate surface area is 145 Å². The number of nitrogens with two attached hydrogens (primary N) is 1. The SMILES string of the molecule is NC[C@@H]1CN(C(=O)c2csc3ccccc23)C[C@H]1c1ccccc1. The molecule has 1 aromatic heterocycles. The second-order valence-electron chi connectivity index (χ2n) is 6.37. The molecule has 2 N–H and O–H groups in total. The zero-order valence-electron chi connectivity index (χ0n) is 13.4. The van der Waals surface area contributed by atoms with Gasteiger partial charge in [-0.1, -0.05) is 48.5 Å². The summed E-state index contributed by atoms with van der Waals surface area (Å²) in [6, 6.07) is 18.5. The van der Waals surface area contributed by atoms with E-state index in [4.69, 9.17) is 5.73 Å². The van der Waals surface area contributed by atoms with Gasteiger partial charge in [-0.2, -0.15) is 0 Å². The molecule has 2 heterocycles. The molecule has 24 heavy (non-hydrogen) atoms. The third-order valence-electron chi connectivity index (χ3n) is 4.97. The van der Waals surface area contributed by atoms with Crippen LogP contribution in [0, 0.1) is 5.92 Å². The van der Waals surface area contributed by atoms with E-state index < -0.39 is 0 Å². The number of hydrogen-bond donors (Lipinski definition) is 1. The van der Waals surface area contributed by atoms with Crippen molar-refractivity contribution in [3.8, 4) is 0 Å². The van der Waals surface area contributed by atoms with Gasteiger partial charge >= 0.3 is 0 Å². The number of carbonyl (C=O) groups excluding carboxylic acids is 1. The van der Waals surface area contributed by atoms with Crippen LogP contribution in [0.3, 0.4) is 0 Å². The number of benzene rings is 2. The van der Waals surface area contributed by atoms with E-state index in [1.165, 1.54) is 5.56 Å². The first-order valence-electron chi connectivity index (χ1n) is 8.28. The molecule has 1 saturated heterocycles. The largest absolute Gasteiger partial charge is 0.338 e. The van der Waals surface area contributed by atoms with Crippen LogP contribution >= 0.6 is 11.3 Å². The number of carbonyl (C=O) groups is 1. The Morgan fingerprint density at radius 3 is 2.62 bits per heavy atom. The number of nitrogens with zero attached hydrogens (tertiary/aromatic N) is 1. The van der Waals surface area contributed by atoms with E-state index in [-0.39, 0.29) is 5.91 Å². The van der Waals surface area contributed by atoms with E-state index in [2.05, 4.69) is 30.3 Å². The zero-order chi connectivity index (χ0) is 16.5. The van der Waals surface area contributed by atoms with Crippen LogP contribution in [0.15, 0.2) is 60.0 Å². The first-order valence-corrected chi connectivity index (χ1v) is 9.16. The van der Waals surface area contributed by atoms with Crippen LogP contribution in [0.1, 0.15) is 21.8 Å². The molecule has 2 aromatic carbocycles. The number of hydrogen-bond acceptors (Lipinski definition) is 3. The number of likely N-dealkylation sites (tertiary alicyclic amines) is 1. The number of thiophene rings is 1. The monoisotopic (exact) mass is 336 g/mol. The lowest BCUT2D eigenvalue weighted by Crippen LogP contribution is -2.29. The highest BCUT2D eigenvalue weighted by molar-refractivity contribution is 7.17. The Morgan fingerprint density at radius 2 is 1.83 bits per heavy atom. The Hall–Kier alpha value is -2.17. The summed E-state index contributed by atoms with van der Waals surface area (Å²) in [6.07, 6.45) is 0. The molecule has 2 atom stereocenters. The lowest BCUT2D eigenvalue weighted by Gasteiger charge is -2.16. The molecule has 1 fully saturated rings. The molecule has 1 aliphatic heterocycles. The van der Waals surface area contributed by atoms with Gasteiger partial charge in [-0.15, -0.1) is 11.3 Å². The minimum Gasteiger partial charge on any atom is -0.338 e. The molecule has 0 aliphatic carbocycles. The summed E-state index contributed by atoms with van der Waals surface area (Å²) in [6.45, 7) is 2.09. The van der Waals surface area contributed by atoms with Crippen LogP contribution in [0.5, 0.6) is 0 Å². The second kappa shape index (κ2) is 6.38. The Bertz CT molecular complexity index is 858. The Morgan fingerprint density at radius 1 is 1.08 bits per heavy atom. The van der Waals surface area contributed by atoms with Crippen molar-refractivity contribution in [1.29, 1.82) is 0 Å². The van der Waals surface area contributed by atoms with Crippen LogP contribution < -0.4 is 5.73 Å². The Balaban J connectivity index is 1.62. The molecular weight excluding hydrogens is 316 g/mol. The van der Waals surface area contributed by atoms with Gasteiger partial charge in [-0.05, 0) is 24.1 Å². The molecule has 4 rings (SSSR count). The highest BCUT2D eigenvalue weighted by Gasteiger charge is 2.36. The Kier molecular flexibility index (Phi) is 4.08. The van der Waals surface area contributed by atoms with Crippen molar-refractivity contribution in [2.24, 2.45) is 11.7 Å². The number of rotatable bonds is 3. The van der Waals surface area contributed by atoms with E-state index in [1.54, 1.807) is 11.3 Å². The molecule has 0 saturated carbocycles. The first kappa shape index (κ1) is 15.4. The van der Waals surface area contributed by atoms with Gasteiger partial charge in [-0.3, -0.25) is 4.79 Å². The van der Waals surface area contributed by atoms with Crippen molar-refractivity contribution >= 4 is 27.3 Å². The molecule has 0 unspecified atom stereocenters.